The molecule has 146 valence electrons. The van der Waals surface area contributed by atoms with Crippen molar-refractivity contribution in [2.45, 2.75) is 31.8 Å². The minimum Gasteiger partial charge on any atom is -0.508 e. The van der Waals surface area contributed by atoms with Crippen LogP contribution in [0.2, 0.25) is 0 Å². The summed E-state index contributed by atoms with van der Waals surface area (Å²) >= 11 is 0. The molecule has 0 spiro atoms. The van der Waals surface area contributed by atoms with E-state index in [-0.39, 0.29) is 11.8 Å². The molecule has 3 amide bonds. The Bertz CT molecular complexity index is 894. The predicted molar refractivity (Wildman–Crippen MR) is 103 cm³/mol. The molecule has 2 saturated heterocycles. The Morgan fingerprint density at radius 2 is 2.00 bits per heavy atom. The van der Waals surface area contributed by atoms with Gasteiger partial charge in [0.1, 0.15) is 5.75 Å². The molecular formula is C21H24N4O3. The zero-order chi connectivity index (χ0) is 19.7. The van der Waals surface area contributed by atoms with Crippen LogP contribution in [0.25, 0.3) is 0 Å². The summed E-state index contributed by atoms with van der Waals surface area (Å²) in [5.74, 6) is -0.0673. The van der Waals surface area contributed by atoms with Gasteiger partial charge in [-0.2, -0.15) is 0 Å². The van der Waals surface area contributed by atoms with Gasteiger partial charge in [0.05, 0.1) is 5.69 Å². The Morgan fingerprint density at radius 3 is 2.64 bits per heavy atom. The van der Waals surface area contributed by atoms with Crippen molar-refractivity contribution in [1.29, 1.82) is 0 Å². The molecule has 0 aliphatic carbocycles. The molecule has 0 radical (unpaired) electrons. The number of nitrogens with zero attached hydrogens (tertiary/aromatic N) is 2. The molecule has 1 aromatic carbocycles. The van der Waals surface area contributed by atoms with Gasteiger partial charge in [-0.1, -0.05) is 23.8 Å². The minimum absolute atomic E-state index is 0.0452. The van der Waals surface area contributed by atoms with E-state index >= 15 is 0 Å². The number of likely N-dealkylation sites (tertiary alicyclic amines) is 1. The fourth-order valence-corrected chi connectivity index (χ4v) is 4.35. The quantitative estimate of drug-likeness (QED) is 0.706. The Kier molecular flexibility index (Phi) is 4.77. The lowest BCUT2D eigenvalue weighted by atomic mass is 9.75. The number of piperidine rings is 1. The van der Waals surface area contributed by atoms with Crippen molar-refractivity contribution < 1.29 is 14.7 Å². The summed E-state index contributed by atoms with van der Waals surface area (Å²) in [4.78, 5) is 31.4. The number of aryl methyl sites for hydroxylation is 1. The fraction of sp³-hybridized carbons (Fsp3) is 0.381. The van der Waals surface area contributed by atoms with Gasteiger partial charge in [-0.3, -0.25) is 20.0 Å². The maximum absolute atomic E-state index is 12.8. The fourth-order valence-electron chi connectivity index (χ4n) is 4.35. The van der Waals surface area contributed by atoms with Gasteiger partial charge in [0.2, 0.25) is 0 Å². The Balaban J connectivity index is 1.52. The van der Waals surface area contributed by atoms with E-state index in [0.717, 1.165) is 37.1 Å². The van der Waals surface area contributed by atoms with Crippen LogP contribution >= 0.6 is 0 Å². The van der Waals surface area contributed by atoms with Crippen LogP contribution in [0.1, 0.15) is 29.7 Å². The minimum atomic E-state index is -1.12. The van der Waals surface area contributed by atoms with Gasteiger partial charge in [0.15, 0.2) is 5.54 Å². The molecular weight excluding hydrogens is 356 g/mol. The number of aromatic nitrogens is 1. The number of rotatable bonds is 4. The number of hydrogen-bond donors (Lipinski definition) is 3. The van der Waals surface area contributed by atoms with Crippen LogP contribution in [0.3, 0.4) is 0 Å². The van der Waals surface area contributed by atoms with Gasteiger partial charge >= 0.3 is 6.03 Å². The molecule has 0 unspecified atom stereocenters. The topological polar surface area (TPSA) is 94.6 Å². The molecule has 7 heteroatoms. The molecule has 2 aromatic rings. The summed E-state index contributed by atoms with van der Waals surface area (Å²) in [7, 11) is 0. The molecule has 1 aromatic heterocycles. The number of phenolic OH excluding ortho intramolecular Hbond substituents is 1. The number of aromatic hydroxyl groups is 1. The van der Waals surface area contributed by atoms with Gasteiger partial charge in [-0.05, 0) is 57.0 Å². The number of nitrogens with one attached hydrogen (secondary N) is 2. The van der Waals surface area contributed by atoms with E-state index in [4.69, 9.17) is 0 Å². The lowest BCUT2D eigenvalue weighted by molar-refractivity contribution is -0.127. The first-order valence-electron chi connectivity index (χ1n) is 9.55. The number of urea groups is 1. The van der Waals surface area contributed by atoms with E-state index < -0.39 is 11.6 Å². The van der Waals surface area contributed by atoms with Crippen molar-refractivity contribution in [3.05, 3.63) is 59.4 Å². The standard InChI is InChI=1S/C21H24N4O3/c1-14-5-6-17(26)15(12-14)13-25-10-7-16(8-11-25)21(18-4-2-3-9-22-18)19(27)23-20(28)24-21/h2-6,9,12,16,26H,7-8,10-11,13H2,1H3,(H2,23,24,27,28)/t21-/m1/s1. The van der Waals surface area contributed by atoms with E-state index in [0.29, 0.717) is 18.0 Å². The number of phenols is 1. The van der Waals surface area contributed by atoms with E-state index in [1.807, 2.05) is 25.1 Å². The monoisotopic (exact) mass is 380 g/mol. The smallest absolute Gasteiger partial charge is 0.322 e. The SMILES string of the molecule is Cc1ccc(O)c(CN2CCC([C@]3(c4ccccn4)NC(=O)NC3=O)CC2)c1. The number of carbonyl (C=O) groups excluding carboxylic acids is 2. The summed E-state index contributed by atoms with van der Waals surface area (Å²) in [6.07, 6.45) is 3.14. The van der Waals surface area contributed by atoms with Crippen molar-refractivity contribution >= 4 is 11.9 Å². The van der Waals surface area contributed by atoms with Crippen molar-refractivity contribution in [2.24, 2.45) is 5.92 Å². The highest BCUT2D eigenvalue weighted by atomic mass is 16.3. The van der Waals surface area contributed by atoms with Crippen LogP contribution in [0.4, 0.5) is 4.79 Å². The molecule has 2 fully saturated rings. The second-order valence-corrected chi connectivity index (χ2v) is 7.61. The number of pyridine rings is 1. The zero-order valence-electron chi connectivity index (χ0n) is 15.8. The number of hydrogen-bond acceptors (Lipinski definition) is 5. The summed E-state index contributed by atoms with van der Waals surface area (Å²) in [5, 5.41) is 15.4. The largest absolute Gasteiger partial charge is 0.508 e. The molecule has 4 rings (SSSR count). The maximum atomic E-state index is 12.8. The Hall–Kier alpha value is -2.93. The van der Waals surface area contributed by atoms with Gasteiger partial charge in [-0.15, -0.1) is 0 Å². The van der Waals surface area contributed by atoms with Crippen LogP contribution in [0.15, 0.2) is 42.6 Å². The van der Waals surface area contributed by atoms with Crippen molar-refractivity contribution in [3.63, 3.8) is 0 Å². The average molecular weight is 380 g/mol. The molecule has 0 bridgehead atoms. The summed E-state index contributed by atoms with van der Waals surface area (Å²) < 4.78 is 0. The Morgan fingerprint density at radius 1 is 1.21 bits per heavy atom. The molecule has 28 heavy (non-hydrogen) atoms. The first-order chi connectivity index (χ1) is 13.5. The van der Waals surface area contributed by atoms with Crippen LogP contribution in [-0.4, -0.2) is 40.0 Å². The molecule has 3 N–H and O–H groups in total. The summed E-state index contributed by atoms with van der Waals surface area (Å²) in [5.41, 5.74) is 1.48. The van der Waals surface area contributed by atoms with Crippen LogP contribution in [0, 0.1) is 12.8 Å². The highest BCUT2D eigenvalue weighted by molar-refractivity contribution is 6.07. The van der Waals surface area contributed by atoms with Gasteiger partial charge in [0.25, 0.3) is 5.91 Å². The normalized spacial score (nSPS) is 23.5. The van der Waals surface area contributed by atoms with Crippen molar-refractivity contribution in [3.8, 4) is 5.75 Å². The summed E-state index contributed by atoms with van der Waals surface area (Å²) in [6, 6.07) is 10.6. The second kappa shape index (κ2) is 7.24. The van der Waals surface area contributed by atoms with Gasteiger partial charge < -0.3 is 10.4 Å². The maximum Gasteiger partial charge on any atom is 0.322 e. The summed E-state index contributed by atoms with van der Waals surface area (Å²) in [6.45, 7) is 4.22. The van der Waals surface area contributed by atoms with E-state index in [9.17, 15) is 14.7 Å². The molecule has 0 saturated carbocycles. The van der Waals surface area contributed by atoms with Crippen molar-refractivity contribution in [2.75, 3.05) is 13.1 Å². The van der Waals surface area contributed by atoms with Crippen molar-refractivity contribution in [1.82, 2.24) is 20.5 Å². The zero-order valence-corrected chi connectivity index (χ0v) is 15.8. The van der Waals surface area contributed by atoms with E-state index in [1.165, 1.54) is 0 Å². The molecule has 2 aliphatic rings. The number of carbonyl (C=O) groups is 2. The third-order valence-electron chi connectivity index (χ3n) is 5.79. The lowest BCUT2D eigenvalue weighted by Crippen LogP contribution is -2.53. The predicted octanol–water partition coefficient (Wildman–Crippen LogP) is 2.04. The number of benzene rings is 1. The number of amides is 3. The van der Waals surface area contributed by atoms with Crippen LogP contribution in [-0.2, 0) is 16.9 Å². The van der Waals surface area contributed by atoms with E-state index in [1.54, 1.807) is 24.4 Å². The Labute approximate surface area is 163 Å². The third-order valence-corrected chi connectivity index (χ3v) is 5.79. The van der Waals surface area contributed by atoms with E-state index in [2.05, 4.69) is 20.5 Å². The molecule has 2 aliphatic heterocycles. The lowest BCUT2D eigenvalue weighted by Gasteiger charge is -2.40. The third kappa shape index (κ3) is 3.22. The molecule has 1 atom stereocenters. The second-order valence-electron chi connectivity index (χ2n) is 7.61. The van der Waals surface area contributed by atoms with Gasteiger partial charge in [0, 0.05) is 18.3 Å². The molecule has 3 heterocycles. The highest BCUT2D eigenvalue weighted by Gasteiger charge is 2.54. The van der Waals surface area contributed by atoms with Crippen LogP contribution in [0.5, 0.6) is 5.75 Å². The molecule has 7 nitrogen and oxygen atoms in total. The first-order valence-corrected chi connectivity index (χ1v) is 9.55. The average Bonchev–Trinajstić information content (AvgIpc) is 3.01. The highest BCUT2D eigenvalue weighted by Crippen LogP contribution is 2.38. The van der Waals surface area contributed by atoms with Gasteiger partial charge in [-0.25, -0.2) is 4.79 Å². The van der Waals surface area contributed by atoms with Crippen LogP contribution < -0.4 is 10.6 Å². The number of imide groups is 1. The first kappa shape index (κ1) is 18.4.